The van der Waals surface area contributed by atoms with Gasteiger partial charge in [0.15, 0.2) is 11.5 Å². The van der Waals surface area contributed by atoms with Gasteiger partial charge in [0.1, 0.15) is 11.1 Å². The lowest BCUT2D eigenvalue weighted by Gasteiger charge is -2.17. The van der Waals surface area contributed by atoms with Crippen LogP contribution in [0.5, 0.6) is 11.5 Å². The summed E-state index contributed by atoms with van der Waals surface area (Å²) in [4.78, 5) is 52.2. The molecule has 0 amide bonds. The van der Waals surface area contributed by atoms with Gasteiger partial charge < -0.3 is 47.6 Å². The number of hydrogen-bond acceptors (Lipinski definition) is 13. The van der Waals surface area contributed by atoms with E-state index >= 15 is 0 Å². The summed E-state index contributed by atoms with van der Waals surface area (Å²) in [5.41, 5.74) is 29.5. The Labute approximate surface area is 268 Å². The molecule has 2 aliphatic rings. The molecule has 0 saturated heterocycles. The highest BCUT2D eigenvalue weighted by atomic mass is 16.6. The van der Waals surface area contributed by atoms with Gasteiger partial charge in [-0.15, -0.1) is 0 Å². The van der Waals surface area contributed by atoms with Gasteiger partial charge in [0.2, 0.25) is 0 Å². The summed E-state index contributed by atoms with van der Waals surface area (Å²) in [6.45, 7) is 14.6. The molecule has 2 fully saturated rings. The summed E-state index contributed by atoms with van der Waals surface area (Å²) in [6.07, 6.45) is 1.25. The highest BCUT2D eigenvalue weighted by Crippen LogP contribution is 2.60. The Morgan fingerprint density at radius 2 is 1.02 bits per heavy atom. The second-order valence-electron chi connectivity index (χ2n) is 13.6. The van der Waals surface area contributed by atoms with Crippen LogP contribution in [0.1, 0.15) is 80.7 Å². The quantitative estimate of drug-likeness (QED) is 0.107. The summed E-state index contributed by atoms with van der Waals surface area (Å²) in [5.74, 6) is -4.29. The van der Waals surface area contributed by atoms with Gasteiger partial charge in [0.05, 0.1) is 41.7 Å². The Kier molecular flexibility index (Phi) is 9.11. The van der Waals surface area contributed by atoms with E-state index in [2.05, 4.69) is 41.5 Å². The SMILES string of the molecule is Cc1cc(N)c(OC(=O)C(=O)Oc2c(N)cc(N)c(N)c2C(=O)OCCC2C(C)C2(C)C)c(C(=O)OCCC2C(C)C2(C)C)c1N. The van der Waals surface area contributed by atoms with Crippen molar-refractivity contribution in [1.29, 1.82) is 0 Å². The number of ether oxygens (including phenoxy) is 4. The van der Waals surface area contributed by atoms with Crippen molar-refractivity contribution in [2.24, 2.45) is 34.5 Å². The molecule has 250 valence electrons. The first-order valence-corrected chi connectivity index (χ1v) is 15.3. The number of nitrogens with two attached hydrogens (primary N) is 5. The van der Waals surface area contributed by atoms with Crippen LogP contribution in [0.4, 0.5) is 28.4 Å². The van der Waals surface area contributed by atoms with Crippen LogP contribution < -0.4 is 38.1 Å². The van der Waals surface area contributed by atoms with Gasteiger partial charge in [0, 0.05) is 0 Å². The molecule has 13 nitrogen and oxygen atoms in total. The molecular weight excluding hydrogens is 594 g/mol. The summed E-state index contributed by atoms with van der Waals surface area (Å²) in [5, 5.41) is 0. The zero-order chi connectivity index (χ0) is 34.5. The highest BCUT2D eigenvalue weighted by molar-refractivity contribution is 6.31. The average molecular weight is 640 g/mol. The monoisotopic (exact) mass is 639 g/mol. The number of rotatable bonds is 10. The minimum atomic E-state index is -1.60. The van der Waals surface area contributed by atoms with E-state index in [-0.39, 0.29) is 58.0 Å². The van der Waals surface area contributed by atoms with Crippen molar-refractivity contribution in [2.75, 3.05) is 41.9 Å². The Morgan fingerprint density at radius 1 is 0.652 bits per heavy atom. The molecule has 4 unspecified atom stereocenters. The van der Waals surface area contributed by atoms with Crippen molar-refractivity contribution >= 4 is 52.3 Å². The van der Waals surface area contributed by atoms with E-state index in [1.54, 1.807) is 6.92 Å². The summed E-state index contributed by atoms with van der Waals surface area (Å²) in [7, 11) is 0. The van der Waals surface area contributed by atoms with Crippen molar-refractivity contribution in [3.8, 4) is 11.5 Å². The standard InChI is InChI=1S/C33H45N5O8/c1-14-12-20(35)26(22(24(14)37)28(39)43-10-8-17-15(2)32(17,4)5)45-30(41)31(42)46-27-21(36)13-19(34)25(38)23(27)29(40)44-11-9-18-16(3)33(18,6)7/h12-13,15-18H,8-11,34-38H2,1-7H3. The molecule has 4 rings (SSSR count). The van der Waals surface area contributed by atoms with Crippen molar-refractivity contribution < 1.29 is 38.1 Å². The smallest absolute Gasteiger partial charge is 0.423 e. The van der Waals surface area contributed by atoms with Crippen LogP contribution in [0.2, 0.25) is 0 Å². The number of hydrogen-bond donors (Lipinski definition) is 5. The summed E-state index contributed by atoms with van der Waals surface area (Å²) >= 11 is 0. The molecule has 0 spiro atoms. The van der Waals surface area contributed by atoms with E-state index < -0.39 is 40.9 Å². The Morgan fingerprint density at radius 3 is 1.41 bits per heavy atom. The van der Waals surface area contributed by atoms with Crippen molar-refractivity contribution in [1.82, 2.24) is 0 Å². The van der Waals surface area contributed by atoms with Gasteiger partial charge in [-0.2, -0.15) is 0 Å². The van der Waals surface area contributed by atoms with E-state index in [9.17, 15) is 19.2 Å². The third-order valence-electron chi connectivity index (χ3n) is 10.5. The Bertz CT molecular complexity index is 1480. The van der Waals surface area contributed by atoms with E-state index in [1.165, 1.54) is 12.1 Å². The van der Waals surface area contributed by atoms with E-state index in [4.69, 9.17) is 47.6 Å². The highest BCUT2D eigenvalue weighted by Gasteiger charge is 2.54. The molecule has 13 heteroatoms. The number of aryl methyl sites for hydroxylation is 1. The zero-order valence-electron chi connectivity index (χ0n) is 27.4. The first kappa shape index (κ1) is 34.2. The molecule has 2 saturated carbocycles. The number of carbonyl (C=O) groups excluding carboxylic acids is 4. The average Bonchev–Trinajstić information content (AvgIpc) is 3.67. The van der Waals surface area contributed by atoms with Crippen LogP contribution >= 0.6 is 0 Å². The third kappa shape index (κ3) is 6.35. The van der Waals surface area contributed by atoms with E-state index in [1.807, 2.05) is 0 Å². The molecule has 0 aromatic heterocycles. The Hall–Kier alpha value is -4.68. The van der Waals surface area contributed by atoms with Crippen LogP contribution in [0.15, 0.2) is 12.1 Å². The van der Waals surface area contributed by atoms with Crippen molar-refractivity contribution in [2.45, 2.75) is 61.3 Å². The van der Waals surface area contributed by atoms with Crippen LogP contribution in [0.25, 0.3) is 0 Å². The topological polar surface area (TPSA) is 235 Å². The molecule has 0 bridgehead atoms. The second kappa shape index (κ2) is 12.3. The van der Waals surface area contributed by atoms with Crippen LogP contribution in [-0.2, 0) is 19.1 Å². The number of anilines is 5. The molecule has 0 heterocycles. The maximum atomic E-state index is 13.1. The van der Waals surface area contributed by atoms with Crippen LogP contribution in [0, 0.1) is 41.4 Å². The number of carbonyl (C=O) groups is 4. The van der Waals surface area contributed by atoms with Gasteiger partial charge >= 0.3 is 23.9 Å². The number of nitrogen functional groups attached to an aromatic ring is 5. The third-order valence-corrected chi connectivity index (χ3v) is 10.5. The maximum absolute atomic E-state index is 13.1. The van der Waals surface area contributed by atoms with Gasteiger partial charge in [-0.3, -0.25) is 0 Å². The first-order chi connectivity index (χ1) is 21.3. The largest absolute Gasteiger partial charge is 0.462 e. The van der Waals surface area contributed by atoms with Crippen molar-refractivity contribution in [3.63, 3.8) is 0 Å². The number of benzene rings is 2. The molecule has 4 atom stereocenters. The van der Waals surface area contributed by atoms with Gasteiger partial charge in [-0.1, -0.05) is 41.5 Å². The second-order valence-corrected chi connectivity index (χ2v) is 13.6. The minimum Gasteiger partial charge on any atom is -0.462 e. The molecule has 2 aromatic carbocycles. The molecular formula is C33H45N5O8. The molecule has 0 aliphatic heterocycles. The van der Waals surface area contributed by atoms with Gasteiger partial charge in [-0.05, 0) is 72.0 Å². The fourth-order valence-corrected chi connectivity index (χ4v) is 6.44. The van der Waals surface area contributed by atoms with E-state index in [0.29, 0.717) is 42.1 Å². The summed E-state index contributed by atoms with van der Waals surface area (Å²) < 4.78 is 21.3. The van der Waals surface area contributed by atoms with Crippen LogP contribution in [-0.4, -0.2) is 37.1 Å². The molecule has 46 heavy (non-hydrogen) atoms. The fourth-order valence-electron chi connectivity index (χ4n) is 6.44. The molecule has 0 radical (unpaired) electrons. The lowest BCUT2D eigenvalue weighted by atomic mass is 10.1. The number of esters is 4. The van der Waals surface area contributed by atoms with Gasteiger partial charge in [0.25, 0.3) is 0 Å². The molecule has 2 aliphatic carbocycles. The fraction of sp³-hybridized carbons (Fsp3) is 0.515. The normalized spacial score (nSPS) is 22.0. The first-order valence-electron chi connectivity index (χ1n) is 15.3. The minimum absolute atomic E-state index is 0.0416. The maximum Gasteiger partial charge on any atom is 0.423 e. The molecule has 2 aromatic rings. The lowest BCUT2D eigenvalue weighted by Crippen LogP contribution is -2.28. The lowest BCUT2D eigenvalue weighted by molar-refractivity contribution is -0.156. The predicted octanol–water partition coefficient (Wildman–Crippen LogP) is 4.10. The molecule has 10 N–H and O–H groups in total. The summed E-state index contributed by atoms with van der Waals surface area (Å²) in [6, 6.07) is 2.55. The predicted molar refractivity (Wildman–Crippen MR) is 174 cm³/mol. The van der Waals surface area contributed by atoms with E-state index in [0.717, 1.165) is 0 Å². The Balaban J connectivity index is 1.50. The zero-order valence-corrected chi connectivity index (χ0v) is 27.4. The van der Waals surface area contributed by atoms with Crippen molar-refractivity contribution in [3.05, 3.63) is 28.8 Å². The van der Waals surface area contributed by atoms with Gasteiger partial charge in [-0.25, -0.2) is 19.2 Å². The van der Waals surface area contributed by atoms with Crippen LogP contribution in [0.3, 0.4) is 0 Å².